The number of carbonyl (C=O) groups is 2. The van der Waals surface area contributed by atoms with Gasteiger partial charge >= 0.3 is 6.03 Å². The molecule has 1 aliphatic heterocycles. The topological polar surface area (TPSA) is 98.1 Å². The van der Waals surface area contributed by atoms with Crippen molar-refractivity contribution in [1.29, 1.82) is 5.26 Å². The Hall–Kier alpha value is -2.76. The monoisotopic (exact) mass is 431 g/mol. The summed E-state index contributed by atoms with van der Waals surface area (Å²) in [7, 11) is 0. The van der Waals surface area contributed by atoms with Gasteiger partial charge in [-0.1, -0.05) is 6.07 Å². The molecule has 2 aliphatic carbocycles. The number of urea groups is 1. The maximum atomic E-state index is 14.8. The zero-order valence-corrected chi connectivity index (χ0v) is 17.4. The van der Waals surface area contributed by atoms with Gasteiger partial charge in [0.1, 0.15) is 11.6 Å². The summed E-state index contributed by atoms with van der Waals surface area (Å²) in [5.41, 5.74) is -0.423. The third-order valence-electron chi connectivity index (χ3n) is 6.68. The van der Waals surface area contributed by atoms with E-state index in [0.717, 1.165) is 12.8 Å². The van der Waals surface area contributed by atoms with Gasteiger partial charge in [-0.25, -0.2) is 13.6 Å². The van der Waals surface area contributed by atoms with Gasteiger partial charge in [0, 0.05) is 31.4 Å². The van der Waals surface area contributed by atoms with Crippen LogP contribution in [-0.2, 0) is 11.2 Å². The number of alkyl halides is 2. The van der Waals surface area contributed by atoms with Crippen molar-refractivity contribution < 1.29 is 18.4 Å². The van der Waals surface area contributed by atoms with Gasteiger partial charge in [0.25, 0.3) is 5.92 Å². The van der Waals surface area contributed by atoms with Gasteiger partial charge in [-0.15, -0.1) is 0 Å². The van der Waals surface area contributed by atoms with Gasteiger partial charge in [-0.2, -0.15) is 5.26 Å². The molecule has 1 spiro atoms. The second-order valence-electron chi connectivity index (χ2n) is 9.23. The van der Waals surface area contributed by atoms with E-state index in [1.807, 2.05) is 6.07 Å². The van der Waals surface area contributed by atoms with Crippen molar-refractivity contribution in [3.8, 4) is 6.07 Å². The van der Waals surface area contributed by atoms with E-state index < -0.39 is 42.3 Å². The molecule has 3 aliphatic rings. The minimum absolute atomic E-state index is 0.208. The highest BCUT2D eigenvalue weighted by Crippen LogP contribution is 2.53. The molecule has 2 saturated carbocycles. The molecule has 1 atom stereocenters. The van der Waals surface area contributed by atoms with Crippen LogP contribution in [0.25, 0.3) is 0 Å². The summed E-state index contributed by atoms with van der Waals surface area (Å²) >= 11 is 0. The first-order valence-corrected chi connectivity index (χ1v) is 10.8. The fraction of sp³-hybridized carbons (Fsp3) is 0.636. The molecule has 3 fully saturated rings. The number of nitriles is 1. The number of piperidine rings is 1. The van der Waals surface area contributed by atoms with Crippen molar-refractivity contribution in [2.45, 2.75) is 68.9 Å². The van der Waals surface area contributed by atoms with E-state index in [1.54, 1.807) is 17.0 Å². The Morgan fingerprint density at radius 2 is 1.90 bits per heavy atom. The molecule has 2 heterocycles. The van der Waals surface area contributed by atoms with E-state index in [9.17, 15) is 23.6 Å². The van der Waals surface area contributed by atoms with Crippen LogP contribution in [0.5, 0.6) is 0 Å². The number of hydrogen-bond donors (Lipinski definition) is 2. The lowest BCUT2D eigenvalue weighted by Crippen LogP contribution is -2.56. The number of likely N-dealkylation sites (tertiary alicyclic amines) is 1. The molecule has 3 amide bonds. The largest absolute Gasteiger partial charge is 0.336 e. The van der Waals surface area contributed by atoms with Crippen molar-refractivity contribution in [2.24, 2.45) is 5.41 Å². The van der Waals surface area contributed by atoms with Crippen LogP contribution >= 0.6 is 0 Å². The standard InChI is InChI=1S/C22H27F2N5O2/c23-22(24,13-16-3-1-2-10-26-16)14-17(18(30)28-21(15-25)6-7-21)27-19(31)29-11-8-20(4-5-20)9-12-29/h1-3,10,17H,4-9,11-14H2,(H,27,31)(H,28,30). The minimum atomic E-state index is -3.26. The first-order valence-electron chi connectivity index (χ1n) is 10.8. The summed E-state index contributed by atoms with van der Waals surface area (Å²) in [4.78, 5) is 31.1. The molecule has 0 radical (unpaired) electrons. The molecule has 31 heavy (non-hydrogen) atoms. The van der Waals surface area contributed by atoms with Crippen LogP contribution in [0.15, 0.2) is 24.4 Å². The number of pyridine rings is 1. The Bertz CT molecular complexity index is 868. The van der Waals surface area contributed by atoms with Crippen LogP contribution in [-0.4, -0.2) is 52.4 Å². The molecule has 1 unspecified atom stereocenters. The Balaban J connectivity index is 1.42. The molecule has 166 valence electrons. The van der Waals surface area contributed by atoms with Gasteiger partial charge < -0.3 is 15.5 Å². The van der Waals surface area contributed by atoms with Crippen LogP contribution in [0.3, 0.4) is 0 Å². The predicted octanol–water partition coefficient (Wildman–Crippen LogP) is 2.78. The molecule has 1 saturated heterocycles. The lowest BCUT2D eigenvalue weighted by atomic mass is 9.94. The van der Waals surface area contributed by atoms with Crippen LogP contribution < -0.4 is 10.6 Å². The molecule has 7 nitrogen and oxygen atoms in total. The Labute approximate surface area is 180 Å². The Kier molecular flexibility index (Phi) is 5.58. The third-order valence-corrected chi connectivity index (χ3v) is 6.68. The van der Waals surface area contributed by atoms with Crippen molar-refractivity contribution in [2.75, 3.05) is 13.1 Å². The highest BCUT2D eigenvalue weighted by molar-refractivity contribution is 5.88. The van der Waals surface area contributed by atoms with E-state index in [-0.39, 0.29) is 5.69 Å². The molecule has 4 rings (SSSR count). The SMILES string of the molecule is N#CC1(NC(=O)C(CC(F)(F)Cc2ccccn2)NC(=O)N2CCC3(CC2)CC3)CC1. The lowest BCUT2D eigenvalue weighted by molar-refractivity contribution is -0.126. The lowest BCUT2D eigenvalue weighted by Gasteiger charge is -2.33. The molecule has 9 heteroatoms. The summed E-state index contributed by atoms with van der Waals surface area (Å²) < 4.78 is 29.6. The summed E-state index contributed by atoms with van der Waals surface area (Å²) in [5, 5.41) is 14.3. The van der Waals surface area contributed by atoms with E-state index in [4.69, 9.17) is 0 Å². The van der Waals surface area contributed by atoms with Gasteiger partial charge in [-0.3, -0.25) is 9.78 Å². The second kappa shape index (κ2) is 8.06. The normalized spacial score (nSPS) is 21.6. The number of rotatable bonds is 7. The fourth-order valence-electron chi connectivity index (χ4n) is 4.16. The van der Waals surface area contributed by atoms with Crippen molar-refractivity contribution in [3.05, 3.63) is 30.1 Å². The van der Waals surface area contributed by atoms with Crippen LogP contribution in [0.4, 0.5) is 13.6 Å². The zero-order valence-electron chi connectivity index (χ0n) is 17.4. The molecular weight excluding hydrogens is 404 g/mol. The highest BCUT2D eigenvalue weighted by Gasteiger charge is 2.48. The first kappa shape index (κ1) is 21.5. The average molecular weight is 431 g/mol. The Morgan fingerprint density at radius 1 is 1.19 bits per heavy atom. The Morgan fingerprint density at radius 3 is 2.45 bits per heavy atom. The van der Waals surface area contributed by atoms with Crippen LogP contribution in [0.1, 0.15) is 50.6 Å². The number of amides is 3. The number of nitrogens with zero attached hydrogens (tertiary/aromatic N) is 3. The first-order chi connectivity index (χ1) is 14.7. The minimum Gasteiger partial charge on any atom is -0.336 e. The van der Waals surface area contributed by atoms with Crippen molar-refractivity contribution >= 4 is 11.9 Å². The number of aromatic nitrogens is 1. The van der Waals surface area contributed by atoms with Crippen LogP contribution in [0.2, 0.25) is 0 Å². The predicted molar refractivity (Wildman–Crippen MR) is 108 cm³/mol. The number of hydrogen-bond acceptors (Lipinski definition) is 4. The van der Waals surface area contributed by atoms with Crippen molar-refractivity contribution in [3.63, 3.8) is 0 Å². The average Bonchev–Trinajstić information content (AvgIpc) is 3.67. The smallest absolute Gasteiger partial charge is 0.318 e. The molecule has 2 N–H and O–H groups in total. The van der Waals surface area contributed by atoms with E-state index in [1.165, 1.54) is 25.1 Å². The number of nitrogens with one attached hydrogen (secondary N) is 2. The molecule has 0 bridgehead atoms. The van der Waals surface area contributed by atoms with Gasteiger partial charge in [0.05, 0.1) is 12.5 Å². The van der Waals surface area contributed by atoms with Gasteiger partial charge in [0.2, 0.25) is 5.91 Å². The van der Waals surface area contributed by atoms with E-state index in [0.29, 0.717) is 31.3 Å². The van der Waals surface area contributed by atoms with E-state index in [2.05, 4.69) is 15.6 Å². The fourth-order valence-corrected chi connectivity index (χ4v) is 4.16. The number of halogens is 2. The summed E-state index contributed by atoms with van der Waals surface area (Å²) in [6, 6.07) is 4.83. The number of carbonyl (C=O) groups excluding carboxylic acids is 2. The van der Waals surface area contributed by atoms with Gasteiger partial charge in [0.15, 0.2) is 0 Å². The maximum Gasteiger partial charge on any atom is 0.318 e. The molecule has 0 aromatic carbocycles. The highest BCUT2D eigenvalue weighted by atomic mass is 19.3. The quantitative estimate of drug-likeness (QED) is 0.694. The summed E-state index contributed by atoms with van der Waals surface area (Å²) in [6.07, 6.45) is 5.08. The van der Waals surface area contributed by atoms with E-state index >= 15 is 0 Å². The molecular formula is C22H27F2N5O2. The molecule has 1 aromatic rings. The van der Waals surface area contributed by atoms with Crippen molar-refractivity contribution in [1.82, 2.24) is 20.5 Å². The zero-order chi connectivity index (χ0) is 22.1. The second-order valence-corrected chi connectivity index (χ2v) is 9.23. The maximum absolute atomic E-state index is 14.8. The third kappa shape index (κ3) is 5.30. The molecule has 1 aromatic heterocycles. The van der Waals surface area contributed by atoms with Crippen LogP contribution in [0, 0.1) is 16.7 Å². The van der Waals surface area contributed by atoms with Gasteiger partial charge in [-0.05, 0) is 56.1 Å². The summed E-state index contributed by atoms with van der Waals surface area (Å²) in [5.74, 6) is -4.00. The summed E-state index contributed by atoms with van der Waals surface area (Å²) in [6.45, 7) is 1.12.